The number of carbonyl (C=O) groups excluding carboxylic acids is 1. The fourth-order valence-corrected chi connectivity index (χ4v) is 2.20. The van der Waals surface area contributed by atoms with E-state index in [0.717, 1.165) is 5.56 Å². The van der Waals surface area contributed by atoms with Crippen molar-refractivity contribution in [3.05, 3.63) is 58.1 Å². The zero-order chi connectivity index (χ0) is 14.7. The van der Waals surface area contributed by atoms with Gasteiger partial charge in [-0.15, -0.1) is 0 Å². The van der Waals surface area contributed by atoms with Gasteiger partial charge in [-0.3, -0.25) is 4.79 Å². The average molecular weight is 291 g/mol. The first-order chi connectivity index (χ1) is 9.56. The van der Waals surface area contributed by atoms with E-state index in [1.165, 1.54) is 0 Å². The van der Waals surface area contributed by atoms with Gasteiger partial charge in [0.25, 0.3) is 0 Å². The highest BCUT2D eigenvalue weighted by Crippen LogP contribution is 2.31. The Labute approximate surface area is 123 Å². The van der Waals surface area contributed by atoms with E-state index in [0.29, 0.717) is 27.6 Å². The van der Waals surface area contributed by atoms with Crippen LogP contribution in [0.5, 0.6) is 11.5 Å². The molecule has 0 radical (unpaired) electrons. The summed E-state index contributed by atoms with van der Waals surface area (Å²) in [4.78, 5) is 12.5. The summed E-state index contributed by atoms with van der Waals surface area (Å²) in [5.74, 6) is 1.04. The number of ketones is 1. The Kier molecular flexibility index (Phi) is 4.30. The molecule has 0 aliphatic heterocycles. The molecule has 0 heterocycles. The van der Waals surface area contributed by atoms with Gasteiger partial charge in [0.2, 0.25) is 0 Å². The summed E-state index contributed by atoms with van der Waals surface area (Å²) >= 11 is 5.93. The summed E-state index contributed by atoms with van der Waals surface area (Å²) in [5, 5.41) is 0.536. The minimum atomic E-state index is -0.0917. The Hall–Kier alpha value is -2.00. The van der Waals surface area contributed by atoms with Crippen molar-refractivity contribution >= 4 is 17.4 Å². The molecular formula is C16H15ClO3. The zero-order valence-electron chi connectivity index (χ0n) is 11.6. The number of rotatable bonds is 4. The maximum atomic E-state index is 12.5. The number of benzene rings is 2. The van der Waals surface area contributed by atoms with E-state index < -0.39 is 0 Å². The van der Waals surface area contributed by atoms with E-state index in [-0.39, 0.29) is 5.78 Å². The molecular weight excluding hydrogens is 276 g/mol. The lowest BCUT2D eigenvalue weighted by Gasteiger charge is -2.12. The average Bonchev–Trinajstić information content (AvgIpc) is 2.46. The number of ether oxygens (including phenoxy) is 2. The third-order valence-corrected chi connectivity index (χ3v) is 3.30. The second-order valence-electron chi connectivity index (χ2n) is 4.36. The van der Waals surface area contributed by atoms with Crippen LogP contribution in [-0.2, 0) is 0 Å². The maximum Gasteiger partial charge on any atom is 0.193 e. The van der Waals surface area contributed by atoms with Gasteiger partial charge in [-0.2, -0.15) is 0 Å². The summed E-state index contributed by atoms with van der Waals surface area (Å²) in [6, 6.07) is 10.4. The molecule has 0 aromatic heterocycles. The zero-order valence-corrected chi connectivity index (χ0v) is 12.3. The fourth-order valence-electron chi connectivity index (χ4n) is 2.01. The van der Waals surface area contributed by atoms with Crippen LogP contribution >= 0.6 is 11.6 Å². The van der Waals surface area contributed by atoms with Gasteiger partial charge in [0, 0.05) is 16.1 Å². The van der Waals surface area contributed by atoms with Gasteiger partial charge >= 0.3 is 0 Å². The third-order valence-electron chi connectivity index (χ3n) is 3.06. The number of hydrogen-bond acceptors (Lipinski definition) is 3. The quantitative estimate of drug-likeness (QED) is 0.801. The molecule has 0 bridgehead atoms. The van der Waals surface area contributed by atoms with Crippen LogP contribution in [0.1, 0.15) is 21.5 Å². The molecule has 0 spiro atoms. The number of hydrogen-bond donors (Lipinski definition) is 0. The van der Waals surface area contributed by atoms with Crippen molar-refractivity contribution in [2.75, 3.05) is 14.2 Å². The molecule has 0 unspecified atom stereocenters. The Morgan fingerprint density at radius 2 is 1.70 bits per heavy atom. The lowest BCUT2D eigenvalue weighted by Crippen LogP contribution is -2.05. The highest BCUT2D eigenvalue weighted by Gasteiger charge is 2.16. The standard InChI is InChI=1S/C16H15ClO3/c1-10-7-14(19-2)15(20-3)9-13(10)16(18)11-5-4-6-12(17)8-11/h4-9H,1-3H3. The Balaban J connectivity index is 2.49. The van der Waals surface area contributed by atoms with E-state index in [9.17, 15) is 4.79 Å². The molecule has 0 amide bonds. The van der Waals surface area contributed by atoms with E-state index in [1.807, 2.05) is 6.92 Å². The molecule has 2 rings (SSSR count). The molecule has 104 valence electrons. The van der Waals surface area contributed by atoms with Crippen molar-refractivity contribution in [3.8, 4) is 11.5 Å². The van der Waals surface area contributed by atoms with E-state index in [1.54, 1.807) is 50.6 Å². The molecule has 0 aliphatic rings. The van der Waals surface area contributed by atoms with Crippen LogP contribution in [-0.4, -0.2) is 20.0 Å². The molecule has 4 heteroatoms. The smallest absolute Gasteiger partial charge is 0.193 e. The highest BCUT2D eigenvalue weighted by atomic mass is 35.5. The number of methoxy groups -OCH3 is 2. The summed E-state index contributed by atoms with van der Waals surface area (Å²) < 4.78 is 10.5. The predicted octanol–water partition coefficient (Wildman–Crippen LogP) is 3.90. The Morgan fingerprint density at radius 1 is 1.05 bits per heavy atom. The van der Waals surface area contributed by atoms with Crippen LogP contribution in [0, 0.1) is 6.92 Å². The van der Waals surface area contributed by atoms with E-state index in [4.69, 9.17) is 21.1 Å². The summed E-state index contributed by atoms with van der Waals surface area (Å²) in [7, 11) is 3.11. The topological polar surface area (TPSA) is 35.5 Å². The van der Waals surface area contributed by atoms with Gasteiger partial charge in [-0.05, 0) is 36.8 Å². The van der Waals surface area contributed by atoms with Crippen LogP contribution < -0.4 is 9.47 Å². The monoisotopic (exact) mass is 290 g/mol. The third kappa shape index (κ3) is 2.78. The van der Waals surface area contributed by atoms with Crippen LogP contribution in [0.2, 0.25) is 5.02 Å². The molecule has 0 saturated heterocycles. The second kappa shape index (κ2) is 5.97. The van der Waals surface area contributed by atoms with Gasteiger partial charge in [0.1, 0.15) is 0 Å². The van der Waals surface area contributed by atoms with Gasteiger partial charge < -0.3 is 9.47 Å². The van der Waals surface area contributed by atoms with Crippen LogP contribution in [0.3, 0.4) is 0 Å². The lowest BCUT2D eigenvalue weighted by atomic mass is 9.98. The fraction of sp³-hybridized carbons (Fsp3) is 0.188. The van der Waals surface area contributed by atoms with Crippen molar-refractivity contribution in [1.29, 1.82) is 0 Å². The van der Waals surface area contributed by atoms with Gasteiger partial charge in [-0.25, -0.2) is 0 Å². The summed E-state index contributed by atoms with van der Waals surface area (Å²) in [5.41, 5.74) is 1.95. The van der Waals surface area contributed by atoms with Crippen LogP contribution in [0.15, 0.2) is 36.4 Å². The first-order valence-electron chi connectivity index (χ1n) is 6.09. The number of aryl methyl sites for hydroxylation is 1. The van der Waals surface area contributed by atoms with E-state index in [2.05, 4.69) is 0 Å². The van der Waals surface area contributed by atoms with Crippen molar-refractivity contribution in [2.24, 2.45) is 0 Å². The second-order valence-corrected chi connectivity index (χ2v) is 4.80. The lowest BCUT2D eigenvalue weighted by molar-refractivity contribution is 0.103. The normalized spacial score (nSPS) is 10.2. The van der Waals surface area contributed by atoms with Crippen LogP contribution in [0.25, 0.3) is 0 Å². The van der Waals surface area contributed by atoms with E-state index >= 15 is 0 Å². The summed E-state index contributed by atoms with van der Waals surface area (Å²) in [6.07, 6.45) is 0. The molecule has 2 aromatic rings. The summed E-state index contributed by atoms with van der Waals surface area (Å²) in [6.45, 7) is 1.86. The molecule has 2 aromatic carbocycles. The highest BCUT2D eigenvalue weighted by molar-refractivity contribution is 6.31. The minimum Gasteiger partial charge on any atom is -0.493 e. The van der Waals surface area contributed by atoms with Crippen molar-refractivity contribution in [1.82, 2.24) is 0 Å². The van der Waals surface area contributed by atoms with Crippen molar-refractivity contribution in [2.45, 2.75) is 6.92 Å². The van der Waals surface area contributed by atoms with Crippen molar-refractivity contribution in [3.63, 3.8) is 0 Å². The molecule has 0 saturated carbocycles. The van der Waals surface area contributed by atoms with Crippen molar-refractivity contribution < 1.29 is 14.3 Å². The minimum absolute atomic E-state index is 0.0917. The Bertz CT molecular complexity index is 650. The molecule has 0 fully saturated rings. The van der Waals surface area contributed by atoms with Crippen LogP contribution in [0.4, 0.5) is 0 Å². The SMILES string of the molecule is COc1cc(C)c(C(=O)c2cccc(Cl)c2)cc1OC. The number of carbonyl (C=O) groups is 1. The molecule has 0 N–H and O–H groups in total. The van der Waals surface area contributed by atoms with Gasteiger partial charge in [-0.1, -0.05) is 23.7 Å². The van der Waals surface area contributed by atoms with Gasteiger partial charge in [0.05, 0.1) is 14.2 Å². The first kappa shape index (κ1) is 14.4. The largest absolute Gasteiger partial charge is 0.493 e. The Morgan fingerprint density at radius 3 is 2.30 bits per heavy atom. The van der Waals surface area contributed by atoms with Gasteiger partial charge in [0.15, 0.2) is 17.3 Å². The maximum absolute atomic E-state index is 12.5. The predicted molar refractivity (Wildman–Crippen MR) is 79.2 cm³/mol. The molecule has 0 atom stereocenters. The first-order valence-corrected chi connectivity index (χ1v) is 6.47. The molecule has 20 heavy (non-hydrogen) atoms. The molecule has 0 aliphatic carbocycles. The molecule has 3 nitrogen and oxygen atoms in total. The number of halogens is 1.